The molecule has 0 radical (unpaired) electrons. The van der Waals surface area contributed by atoms with Gasteiger partial charge in [0.15, 0.2) is 0 Å². The molecule has 0 aromatic heterocycles. The quantitative estimate of drug-likeness (QED) is 0.181. The zero-order chi connectivity index (χ0) is 28.8. The van der Waals surface area contributed by atoms with Crippen LogP contribution in [0, 0.1) is 0 Å². The number of phenols is 1. The van der Waals surface area contributed by atoms with Crippen LogP contribution >= 0.6 is 0 Å². The summed E-state index contributed by atoms with van der Waals surface area (Å²) in [5, 5.41) is 24.2. The van der Waals surface area contributed by atoms with Gasteiger partial charge in [0.05, 0.1) is 18.0 Å². The molecule has 9 heteroatoms. The smallest absolute Gasteiger partial charge is 0.229 e. The minimum atomic E-state index is -3.55. The Balaban J connectivity index is 1.25. The average Bonchev–Trinajstić information content (AvgIpc) is 3.69. The molecular formula is C32H42N4O4S. The summed E-state index contributed by atoms with van der Waals surface area (Å²) in [5.41, 5.74) is 5.70. The molecule has 41 heavy (non-hydrogen) atoms. The van der Waals surface area contributed by atoms with Crippen molar-refractivity contribution in [3.63, 3.8) is 0 Å². The Kier molecular flexibility index (Phi) is 9.37. The molecule has 3 aromatic carbocycles. The summed E-state index contributed by atoms with van der Waals surface area (Å²) >= 11 is 0. The van der Waals surface area contributed by atoms with Crippen molar-refractivity contribution in [2.24, 2.45) is 0 Å². The van der Waals surface area contributed by atoms with E-state index in [0.717, 1.165) is 38.9 Å². The predicted molar refractivity (Wildman–Crippen MR) is 167 cm³/mol. The highest BCUT2D eigenvalue weighted by Gasteiger charge is 2.19. The average molecular weight is 579 g/mol. The van der Waals surface area contributed by atoms with Crippen LogP contribution in [-0.4, -0.2) is 64.2 Å². The van der Waals surface area contributed by atoms with Crippen LogP contribution in [0.1, 0.15) is 60.8 Å². The maximum Gasteiger partial charge on any atom is 0.229 e. The van der Waals surface area contributed by atoms with Gasteiger partial charge in [0.1, 0.15) is 5.75 Å². The van der Waals surface area contributed by atoms with Gasteiger partial charge in [0.25, 0.3) is 0 Å². The van der Waals surface area contributed by atoms with E-state index in [1.165, 1.54) is 60.3 Å². The van der Waals surface area contributed by atoms with Crippen molar-refractivity contribution >= 4 is 27.1 Å². The first kappa shape index (κ1) is 29.2. The first-order valence-electron chi connectivity index (χ1n) is 14.7. The summed E-state index contributed by atoms with van der Waals surface area (Å²) in [5.74, 6) is 0.0211. The molecule has 0 amide bonds. The molecule has 8 nitrogen and oxygen atoms in total. The van der Waals surface area contributed by atoms with Crippen LogP contribution in [0.4, 0.5) is 17.1 Å². The van der Waals surface area contributed by atoms with Crippen LogP contribution in [0.15, 0.2) is 66.7 Å². The van der Waals surface area contributed by atoms with Gasteiger partial charge in [0.2, 0.25) is 10.0 Å². The van der Waals surface area contributed by atoms with Crippen molar-refractivity contribution in [3.8, 4) is 5.75 Å². The number of aliphatic hydroxyl groups excluding tert-OH is 1. The third kappa shape index (κ3) is 7.72. The lowest BCUT2D eigenvalue weighted by atomic mass is 9.88. The summed E-state index contributed by atoms with van der Waals surface area (Å²) in [6, 6.07) is 22.5. The maximum absolute atomic E-state index is 11.6. The van der Waals surface area contributed by atoms with E-state index < -0.39 is 16.1 Å². The lowest BCUT2D eigenvalue weighted by Gasteiger charge is -2.23. The number of hydrogen-bond donors (Lipinski definition) is 4. The van der Waals surface area contributed by atoms with E-state index in [9.17, 15) is 18.6 Å². The van der Waals surface area contributed by atoms with Gasteiger partial charge in [-0.1, -0.05) is 30.3 Å². The largest absolute Gasteiger partial charge is 0.506 e. The number of nitrogens with one attached hydrogen (secondary N) is 2. The molecule has 0 aliphatic carbocycles. The molecule has 2 saturated heterocycles. The van der Waals surface area contributed by atoms with E-state index in [0.29, 0.717) is 18.7 Å². The third-order valence-corrected chi connectivity index (χ3v) is 8.77. The zero-order valence-electron chi connectivity index (χ0n) is 23.8. The van der Waals surface area contributed by atoms with Crippen LogP contribution in [0.3, 0.4) is 0 Å². The number of hydrogen-bond acceptors (Lipinski definition) is 7. The topological polar surface area (TPSA) is 105 Å². The zero-order valence-corrected chi connectivity index (χ0v) is 24.6. The highest BCUT2D eigenvalue weighted by molar-refractivity contribution is 7.92. The van der Waals surface area contributed by atoms with Crippen molar-refractivity contribution in [1.29, 1.82) is 0 Å². The monoisotopic (exact) mass is 578 g/mol. The minimum absolute atomic E-state index is 0.0545. The number of nitrogens with zero attached hydrogens (tertiary/aromatic N) is 2. The SMILES string of the molecule is CS(=O)(=O)Nc1cc([C@@H](O)CNCCC(c2ccc(N3CCCC3)cc2)c2ccc(N3CCCC3)cc2)ccc1O. The molecule has 2 aliphatic rings. The van der Waals surface area contributed by atoms with Crippen LogP contribution in [0.25, 0.3) is 0 Å². The molecule has 2 heterocycles. The Morgan fingerprint density at radius 1 is 0.780 bits per heavy atom. The molecule has 4 N–H and O–H groups in total. The fourth-order valence-electron chi connectivity index (χ4n) is 5.96. The van der Waals surface area contributed by atoms with Crippen LogP contribution in [-0.2, 0) is 10.0 Å². The van der Waals surface area contributed by atoms with Gasteiger partial charge in [-0.05, 0) is 91.7 Å². The van der Waals surface area contributed by atoms with E-state index in [4.69, 9.17) is 0 Å². The molecule has 0 saturated carbocycles. The predicted octanol–water partition coefficient (Wildman–Crippen LogP) is 4.81. The van der Waals surface area contributed by atoms with Gasteiger partial charge in [-0.2, -0.15) is 0 Å². The Labute approximate surface area is 244 Å². The molecule has 5 rings (SSSR count). The number of rotatable bonds is 12. The molecule has 2 aliphatic heterocycles. The summed E-state index contributed by atoms with van der Waals surface area (Å²) in [6.45, 7) is 5.49. The Bertz CT molecular complexity index is 1320. The van der Waals surface area contributed by atoms with Gasteiger partial charge in [-0.15, -0.1) is 0 Å². The number of phenolic OH excluding ortho intramolecular Hbond substituents is 1. The molecule has 3 aromatic rings. The highest BCUT2D eigenvalue weighted by Crippen LogP contribution is 2.32. The Hall–Kier alpha value is -3.27. The highest BCUT2D eigenvalue weighted by atomic mass is 32.2. The number of aromatic hydroxyl groups is 1. The van der Waals surface area contributed by atoms with Crippen LogP contribution < -0.4 is 19.8 Å². The van der Waals surface area contributed by atoms with Crippen molar-refractivity contribution < 1.29 is 18.6 Å². The molecule has 2 fully saturated rings. The minimum Gasteiger partial charge on any atom is -0.506 e. The van der Waals surface area contributed by atoms with Gasteiger partial charge < -0.3 is 25.3 Å². The van der Waals surface area contributed by atoms with Crippen LogP contribution in [0.5, 0.6) is 5.75 Å². The van der Waals surface area contributed by atoms with Crippen molar-refractivity contribution in [1.82, 2.24) is 5.32 Å². The van der Waals surface area contributed by atoms with Crippen LogP contribution in [0.2, 0.25) is 0 Å². The summed E-state index contributed by atoms with van der Waals surface area (Å²) in [7, 11) is -3.55. The number of aliphatic hydroxyl groups is 1. The number of sulfonamides is 1. The maximum atomic E-state index is 11.6. The van der Waals surface area contributed by atoms with Gasteiger partial charge >= 0.3 is 0 Å². The molecule has 0 unspecified atom stereocenters. The fraction of sp³-hybridized carbons (Fsp3) is 0.438. The Morgan fingerprint density at radius 2 is 1.27 bits per heavy atom. The molecule has 0 spiro atoms. The first-order valence-corrected chi connectivity index (χ1v) is 16.6. The fourth-order valence-corrected chi connectivity index (χ4v) is 6.52. The molecule has 1 atom stereocenters. The summed E-state index contributed by atoms with van der Waals surface area (Å²) in [6.07, 6.45) is 6.04. The molecule has 220 valence electrons. The first-order chi connectivity index (χ1) is 19.8. The van der Waals surface area contributed by atoms with Gasteiger partial charge in [-0.25, -0.2) is 8.42 Å². The van der Waals surface area contributed by atoms with Gasteiger partial charge in [-0.3, -0.25) is 4.72 Å². The summed E-state index contributed by atoms with van der Waals surface area (Å²) < 4.78 is 25.5. The van der Waals surface area contributed by atoms with Gasteiger partial charge in [0, 0.05) is 50.0 Å². The summed E-state index contributed by atoms with van der Waals surface area (Å²) in [4.78, 5) is 4.90. The normalized spacial score (nSPS) is 16.5. The van der Waals surface area contributed by atoms with E-state index in [1.807, 2.05) is 0 Å². The van der Waals surface area contributed by atoms with Crippen molar-refractivity contribution in [2.75, 3.05) is 60.0 Å². The standard InChI is InChI=1S/C32H42N4O4S/c1-41(39,40)34-30-22-26(10-15-31(30)37)32(38)23-33-17-16-29(24-6-11-27(12-7-24)35-18-2-3-19-35)25-8-13-28(14-9-25)36-20-4-5-21-36/h6-15,22,29,32-34,37-38H,2-5,16-21,23H2,1H3/t32-/m0/s1. The number of anilines is 3. The molecular weight excluding hydrogens is 536 g/mol. The number of benzene rings is 3. The van der Waals surface area contributed by atoms with E-state index in [-0.39, 0.29) is 17.4 Å². The van der Waals surface area contributed by atoms with Crippen molar-refractivity contribution in [3.05, 3.63) is 83.4 Å². The van der Waals surface area contributed by atoms with E-state index >= 15 is 0 Å². The third-order valence-electron chi connectivity index (χ3n) is 8.18. The lowest BCUT2D eigenvalue weighted by Crippen LogP contribution is -2.24. The second-order valence-electron chi connectivity index (χ2n) is 11.3. The lowest BCUT2D eigenvalue weighted by molar-refractivity contribution is 0.174. The van der Waals surface area contributed by atoms with E-state index in [2.05, 4.69) is 68.4 Å². The van der Waals surface area contributed by atoms with E-state index in [1.54, 1.807) is 6.07 Å². The Morgan fingerprint density at radius 3 is 1.76 bits per heavy atom. The molecule has 0 bridgehead atoms. The second-order valence-corrected chi connectivity index (χ2v) is 13.0. The second kappa shape index (κ2) is 13.1. The van der Waals surface area contributed by atoms with Crippen molar-refractivity contribution in [2.45, 2.75) is 44.1 Å².